The van der Waals surface area contributed by atoms with E-state index in [0.717, 1.165) is 27.4 Å². The molecule has 0 saturated heterocycles. The van der Waals surface area contributed by atoms with E-state index < -0.39 is 18.2 Å². The number of carbonyl (C=O) groups is 2. The number of carbonyl (C=O) groups excluding carboxylic acids is 2. The number of H-pyrrole nitrogens is 1. The van der Waals surface area contributed by atoms with Gasteiger partial charge in [-0.1, -0.05) is 48.5 Å². The number of alkyl halides is 1. The Labute approximate surface area is 243 Å². The van der Waals surface area contributed by atoms with Gasteiger partial charge in [0.2, 0.25) is 5.91 Å². The molecule has 0 bridgehead atoms. The first-order chi connectivity index (χ1) is 19.9. The van der Waals surface area contributed by atoms with Crippen LogP contribution in [0.15, 0.2) is 65.7 Å². The highest BCUT2D eigenvalue weighted by molar-refractivity contribution is 6.27. The van der Waals surface area contributed by atoms with Crippen molar-refractivity contribution in [2.24, 2.45) is 10.7 Å². The number of nitrogens with zero attached hydrogens (tertiary/aromatic N) is 2. The number of hydrogen-bond donors (Lipinski definition) is 4. The van der Waals surface area contributed by atoms with Gasteiger partial charge >= 0.3 is 0 Å². The van der Waals surface area contributed by atoms with Crippen molar-refractivity contribution in [3.63, 3.8) is 0 Å². The largest absolute Gasteiger partial charge is 0.386 e. The summed E-state index contributed by atoms with van der Waals surface area (Å²) in [4.78, 5) is 39.1. The Bertz CT molecular complexity index is 1500. The van der Waals surface area contributed by atoms with E-state index in [1.807, 2.05) is 54.6 Å². The molecule has 0 unspecified atom stereocenters. The lowest BCUT2D eigenvalue weighted by molar-refractivity contribution is -0.123. The molecule has 5 N–H and O–H groups in total. The normalized spacial score (nSPS) is 12.6. The van der Waals surface area contributed by atoms with Crippen molar-refractivity contribution in [3.05, 3.63) is 77.6 Å². The van der Waals surface area contributed by atoms with Crippen LogP contribution in [0.2, 0.25) is 0 Å². The first kappa shape index (κ1) is 30.0. The molecular formula is C30H35ClN6O4. The maximum Gasteiger partial charge on any atom is 0.270 e. The Balaban J connectivity index is 1.60. The van der Waals surface area contributed by atoms with Crippen LogP contribution in [0.3, 0.4) is 0 Å². The lowest BCUT2D eigenvalue weighted by atomic mass is 10.1. The number of amidine groups is 1. The van der Waals surface area contributed by atoms with Crippen LogP contribution in [0.4, 0.5) is 0 Å². The van der Waals surface area contributed by atoms with Gasteiger partial charge in [0, 0.05) is 50.0 Å². The van der Waals surface area contributed by atoms with Gasteiger partial charge in [0.1, 0.15) is 17.6 Å². The quantitative estimate of drug-likeness (QED) is 0.0591. The molecule has 4 aromatic rings. The van der Waals surface area contributed by atoms with Crippen molar-refractivity contribution in [1.29, 1.82) is 0 Å². The van der Waals surface area contributed by atoms with E-state index >= 15 is 0 Å². The van der Waals surface area contributed by atoms with Gasteiger partial charge in [-0.05, 0) is 30.5 Å². The number of fused-ring (bicyclic) bond motifs is 3. The summed E-state index contributed by atoms with van der Waals surface area (Å²) < 4.78 is 10.8. The molecule has 0 aliphatic rings. The molecule has 2 heterocycles. The van der Waals surface area contributed by atoms with E-state index in [1.165, 1.54) is 0 Å². The first-order valence-electron chi connectivity index (χ1n) is 13.4. The van der Waals surface area contributed by atoms with Crippen molar-refractivity contribution in [2.75, 3.05) is 26.6 Å². The van der Waals surface area contributed by atoms with Crippen LogP contribution in [-0.2, 0) is 27.2 Å². The molecule has 11 heteroatoms. The minimum atomic E-state index is -0.812. The zero-order valence-corrected chi connectivity index (χ0v) is 23.9. The lowest BCUT2D eigenvalue weighted by Crippen LogP contribution is -2.46. The maximum absolute atomic E-state index is 13.6. The molecule has 216 valence electrons. The number of halogens is 1. The summed E-state index contributed by atoms with van der Waals surface area (Å²) in [6.45, 7) is 0.721. The highest BCUT2D eigenvalue weighted by atomic mass is 35.5. The van der Waals surface area contributed by atoms with E-state index in [0.29, 0.717) is 43.9 Å². The Morgan fingerprint density at radius 3 is 2.54 bits per heavy atom. The molecule has 2 aromatic heterocycles. The Morgan fingerprint density at radius 1 is 1.07 bits per heavy atom. The number of aromatic amines is 1. The molecule has 0 radical (unpaired) electrons. The second-order valence-corrected chi connectivity index (χ2v) is 9.80. The molecule has 0 spiro atoms. The summed E-state index contributed by atoms with van der Waals surface area (Å²) >= 11 is 5.71. The number of ether oxygens (including phenoxy) is 2. The average molecular weight is 579 g/mol. The molecule has 10 nitrogen and oxygen atoms in total. The number of rotatable bonds is 14. The van der Waals surface area contributed by atoms with Crippen molar-refractivity contribution in [3.8, 4) is 0 Å². The third-order valence-corrected chi connectivity index (χ3v) is 7.00. The number of para-hydroxylation sites is 1. The zero-order chi connectivity index (χ0) is 29.2. The van der Waals surface area contributed by atoms with Gasteiger partial charge in [-0.3, -0.25) is 14.6 Å². The highest BCUT2D eigenvalue weighted by Gasteiger charge is 2.24. The predicted molar refractivity (Wildman–Crippen MR) is 161 cm³/mol. The molecule has 2 amide bonds. The number of hydrogen-bond acceptors (Lipinski definition) is 6. The fourth-order valence-corrected chi connectivity index (χ4v) is 4.65. The van der Waals surface area contributed by atoms with E-state index in [9.17, 15) is 9.59 Å². The topological polar surface area (TPSA) is 144 Å². The molecule has 4 rings (SSSR count). The van der Waals surface area contributed by atoms with E-state index in [-0.39, 0.29) is 17.5 Å². The smallest absolute Gasteiger partial charge is 0.270 e. The number of methoxy groups -OCH3 is 2. The predicted octanol–water partition coefficient (Wildman–Crippen LogP) is 3.67. The molecule has 0 aliphatic heterocycles. The fourth-order valence-electron chi connectivity index (χ4n) is 4.57. The second kappa shape index (κ2) is 14.6. The van der Waals surface area contributed by atoms with Crippen molar-refractivity contribution < 1.29 is 19.1 Å². The van der Waals surface area contributed by atoms with Crippen LogP contribution < -0.4 is 16.4 Å². The van der Waals surface area contributed by atoms with E-state index in [1.54, 1.807) is 20.3 Å². The van der Waals surface area contributed by atoms with Crippen molar-refractivity contribution in [1.82, 2.24) is 20.6 Å². The minimum absolute atomic E-state index is 0.134. The third-order valence-electron chi connectivity index (χ3n) is 6.72. The SMILES string of the molecule is COC(Cc1nc(C(=O)N[C@@H](CCCN=C(N)CCl)C(=O)NCc2ccccc2)cc2c1[nH]c1ccccc12)OC. The summed E-state index contributed by atoms with van der Waals surface area (Å²) in [6.07, 6.45) is 0.639. The Kier molecular flexibility index (Phi) is 10.7. The van der Waals surface area contributed by atoms with Crippen LogP contribution in [0.1, 0.15) is 34.6 Å². The van der Waals surface area contributed by atoms with Crippen LogP contribution in [0.5, 0.6) is 0 Å². The number of benzene rings is 2. The summed E-state index contributed by atoms with van der Waals surface area (Å²) in [5.74, 6) is -0.304. The molecule has 0 saturated carbocycles. The van der Waals surface area contributed by atoms with Crippen molar-refractivity contribution >= 4 is 51.1 Å². The standard InChI is InChI=1S/C30H35ClN6O4/c1-40-27(41-2)16-24-28-21(20-11-6-7-12-22(20)36-28)15-25(35-24)30(39)37-23(13-8-14-33-26(32)17-31)29(38)34-18-19-9-4-3-5-10-19/h3-7,9-12,15,23,27,36H,8,13-14,16-18H2,1-2H3,(H2,32,33)(H,34,38)(H,37,39)/t23-/m0/s1. The number of pyridine rings is 1. The Hall–Kier alpha value is -3.99. The molecule has 2 aromatic carbocycles. The summed E-state index contributed by atoms with van der Waals surface area (Å²) in [5, 5.41) is 7.62. The summed E-state index contributed by atoms with van der Waals surface area (Å²) in [6, 6.07) is 18.3. The zero-order valence-electron chi connectivity index (χ0n) is 23.2. The molecular weight excluding hydrogens is 544 g/mol. The number of nitrogens with one attached hydrogen (secondary N) is 3. The number of amides is 2. The van der Waals surface area contributed by atoms with E-state index in [4.69, 9.17) is 26.8 Å². The maximum atomic E-state index is 13.6. The van der Waals surface area contributed by atoms with Gasteiger partial charge < -0.3 is 30.8 Å². The van der Waals surface area contributed by atoms with Crippen LogP contribution >= 0.6 is 11.6 Å². The van der Waals surface area contributed by atoms with Crippen LogP contribution in [-0.4, -0.2) is 66.6 Å². The van der Waals surface area contributed by atoms with Crippen LogP contribution in [0.25, 0.3) is 21.8 Å². The third kappa shape index (κ3) is 7.81. The highest BCUT2D eigenvalue weighted by Crippen LogP contribution is 2.28. The number of aromatic nitrogens is 2. The van der Waals surface area contributed by atoms with Gasteiger partial charge in [-0.15, -0.1) is 11.6 Å². The first-order valence-corrected chi connectivity index (χ1v) is 13.9. The summed E-state index contributed by atoms with van der Waals surface area (Å²) in [7, 11) is 3.10. The monoisotopic (exact) mass is 578 g/mol. The number of nitrogens with two attached hydrogens (primary N) is 1. The van der Waals surface area contributed by atoms with Crippen molar-refractivity contribution in [2.45, 2.75) is 38.1 Å². The number of aliphatic imine (C=N–C) groups is 1. The lowest BCUT2D eigenvalue weighted by Gasteiger charge is -2.19. The molecule has 0 aliphatic carbocycles. The van der Waals surface area contributed by atoms with E-state index in [2.05, 4.69) is 25.6 Å². The van der Waals surface area contributed by atoms with Gasteiger partial charge in [-0.2, -0.15) is 0 Å². The van der Waals surface area contributed by atoms with Gasteiger partial charge in [0.15, 0.2) is 6.29 Å². The minimum Gasteiger partial charge on any atom is -0.386 e. The van der Waals surface area contributed by atoms with Gasteiger partial charge in [0.25, 0.3) is 5.91 Å². The Morgan fingerprint density at radius 2 is 1.80 bits per heavy atom. The fraction of sp³-hybridized carbons (Fsp3) is 0.333. The van der Waals surface area contributed by atoms with Gasteiger partial charge in [-0.25, -0.2) is 4.98 Å². The molecule has 0 fully saturated rings. The van der Waals surface area contributed by atoms with Crippen LogP contribution in [0, 0.1) is 0 Å². The molecule has 41 heavy (non-hydrogen) atoms. The molecule has 1 atom stereocenters. The second-order valence-electron chi connectivity index (χ2n) is 9.53. The summed E-state index contributed by atoms with van der Waals surface area (Å²) in [5.41, 5.74) is 9.18. The average Bonchev–Trinajstić information content (AvgIpc) is 3.39. The van der Waals surface area contributed by atoms with Gasteiger partial charge in [0.05, 0.1) is 17.1 Å².